The van der Waals surface area contributed by atoms with Crippen molar-refractivity contribution in [2.24, 2.45) is 5.92 Å². The molecule has 0 saturated carbocycles. The zero-order valence-electron chi connectivity index (χ0n) is 15.5. The minimum Gasteiger partial charge on any atom is -0.335 e. The quantitative estimate of drug-likeness (QED) is 0.909. The van der Waals surface area contributed by atoms with Crippen LogP contribution in [-0.2, 0) is 11.3 Å². The second kappa shape index (κ2) is 7.83. The predicted octanol–water partition coefficient (Wildman–Crippen LogP) is 3.16. The van der Waals surface area contributed by atoms with Gasteiger partial charge in [0.1, 0.15) is 5.82 Å². The highest BCUT2D eigenvalue weighted by Gasteiger charge is 2.21. The summed E-state index contributed by atoms with van der Waals surface area (Å²) in [4.78, 5) is 18.9. The monoisotopic (exact) mass is 340 g/mol. The van der Waals surface area contributed by atoms with Crippen LogP contribution in [0.1, 0.15) is 29.8 Å². The molecule has 1 aliphatic heterocycles. The highest BCUT2D eigenvalue weighted by atomic mass is 16.2. The number of amides is 1. The molecule has 25 heavy (non-hydrogen) atoms. The number of carbonyl (C=O) groups is 1. The second-order valence-corrected chi connectivity index (χ2v) is 7.27. The van der Waals surface area contributed by atoms with E-state index in [1.165, 1.54) is 11.1 Å². The summed E-state index contributed by atoms with van der Waals surface area (Å²) in [6, 6.07) is 6.15. The first-order valence-electron chi connectivity index (χ1n) is 9.08. The molecular weight excluding hydrogens is 312 g/mol. The maximum Gasteiger partial charge on any atom is 0.238 e. The van der Waals surface area contributed by atoms with Crippen molar-refractivity contribution in [2.45, 2.75) is 40.2 Å². The lowest BCUT2D eigenvalue weighted by molar-refractivity contribution is -0.117. The third-order valence-corrected chi connectivity index (χ3v) is 4.96. The number of nitrogens with zero attached hydrogens (tertiary/aromatic N) is 3. The van der Waals surface area contributed by atoms with Crippen LogP contribution in [-0.4, -0.2) is 40.0 Å². The first kappa shape index (κ1) is 17.7. The Labute approximate surface area is 150 Å². The van der Waals surface area contributed by atoms with Crippen LogP contribution in [0.5, 0.6) is 0 Å². The first-order valence-corrected chi connectivity index (χ1v) is 9.08. The number of anilines is 1. The summed E-state index contributed by atoms with van der Waals surface area (Å²) >= 11 is 0. The lowest BCUT2D eigenvalue weighted by Crippen LogP contribution is -2.40. The number of aryl methyl sites for hydroxylation is 3. The molecule has 134 valence electrons. The topological polar surface area (TPSA) is 50.2 Å². The number of piperidine rings is 1. The van der Waals surface area contributed by atoms with E-state index in [2.05, 4.69) is 45.9 Å². The van der Waals surface area contributed by atoms with E-state index in [0.29, 0.717) is 12.5 Å². The van der Waals surface area contributed by atoms with Gasteiger partial charge in [-0.25, -0.2) is 4.98 Å². The van der Waals surface area contributed by atoms with Crippen molar-refractivity contribution in [3.8, 4) is 0 Å². The normalized spacial score (nSPS) is 16.1. The van der Waals surface area contributed by atoms with Gasteiger partial charge in [0, 0.05) is 24.6 Å². The molecule has 1 saturated heterocycles. The minimum atomic E-state index is 0.0777. The van der Waals surface area contributed by atoms with E-state index in [1.54, 1.807) is 0 Å². The summed E-state index contributed by atoms with van der Waals surface area (Å²) in [6.45, 7) is 9.63. The Morgan fingerprint density at radius 3 is 2.44 bits per heavy atom. The van der Waals surface area contributed by atoms with Crippen LogP contribution in [0.25, 0.3) is 0 Å². The van der Waals surface area contributed by atoms with E-state index in [0.717, 1.165) is 44.0 Å². The van der Waals surface area contributed by atoms with Crippen molar-refractivity contribution in [1.29, 1.82) is 0 Å². The van der Waals surface area contributed by atoms with Crippen molar-refractivity contribution in [1.82, 2.24) is 14.5 Å². The van der Waals surface area contributed by atoms with Gasteiger partial charge < -0.3 is 9.88 Å². The van der Waals surface area contributed by atoms with Gasteiger partial charge in [-0.05, 0) is 75.9 Å². The van der Waals surface area contributed by atoms with Gasteiger partial charge in [0.15, 0.2) is 0 Å². The zero-order chi connectivity index (χ0) is 17.8. The number of imidazole rings is 1. The van der Waals surface area contributed by atoms with Crippen molar-refractivity contribution < 1.29 is 4.79 Å². The lowest BCUT2D eigenvalue weighted by atomic mass is 9.96. The molecule has 1 aromatic carbocycles. The maximum absolute atomic E-state index is 12.3. The Hall–Kier alpha value is -2.14. The first-order chi connectivity index (χ1) is 12.0. The maximum atomic E-state index is 12.3. The standard InChI is InChI=1S/C20H28N4O/c1-15-10-16(2)12-19(11-15)22-20(25)14-23-7-4-18(5-8-23)13-24-9-6-21-17(24)3/h6,9-12,18H,4-5,7-8,13-14H2,1-3H3,(H,22,25). The number of carbonyl (C=O) groups excluding carboxylic acids is 1. The van der Waals surface area contributed by atoms with E-state index >= 15 is 0 Å². The fraction of sp³-hybridized carbons (Fsp3) is 0.500. The van der Waals surface area contributed by atoms with Gasteiger partial charge in [-0.1, -0.05) is 6.07 Å². The average Bonchev–Trinajstić information content (AvgIpc) is 2.93. The third kappa shape index (κ3) is 4.92. The molecule has 5 nitrogen and oxygen atoms in total. The molecule has 1 N–H and O–H groups in total. The van der Waals surface area contributed by atoms with Crippen LogP contribution >= 0.6 is 0 Å². The van der Waals surface area contributed by atoms with E-state index in [1.807, 2.05) is 25.3 Å². The highest BCUT2D eigenvalue weighted by molar-refractivity contribution is 5.92. The third-order valence-electron chi connectivity index (χ3n) is 4.96. The molecule has 2 heterocycles. The molecule has 0 aliphatic carbocycles. The number of hydrogen-bond acceptors (Lipinski definition) is 3. The average molecular weight is 340 g/mol. The van der Waals surface area contributed by atoms with Crippen LogP contribution in [0.3, 0.4) is 0 Å². The summed E-state index contributed by atoms with van der Waals surface area (Å²) < 4.78 is 2.23. The molecule has 5 heteroatoms. The number of nitrogens with one attached hydrogen (secondary N) is 1. The Morgan fingerprint density at radius 2 is 1.84 bits per heavy atom. The smallest absolute Gasteiger partial charge is 0.238 e. The Kier molecular flexibility index (Phi) is 5.53. The van der Waals surface area contributed by atoms with Gasteiger partial charge in [0.2, 0.25) is 5.91 Å². The van der Waals surface area contributed by atoms with Gasteiger partial charge in [0.05, 0.1) is 6.54 Å². The minimum absolute atomic E-state index is 0.0777. The molecule has 1 aromatic heterocycles. The Balaban J connectivity index is 1.45. The van der Waals surface area contributed by atoms with Crippen LogP contribution in [0.15, 0.2) is 30.6 Å². The predicted molar refractivity (Wildman–Crippen MR) is 101 cm³/mol. The number of aromatic nitrogens is 2. The molecule has 1 aliphatic rings. The van der Waals surface area contributed by atoms with Crippen LogP contribution in [0, 0.1) is 26.7 Å². The van der Waals surface area contributed by atoms with Gasteiger partial charge in [-0.15, -0.1) is 0 Å². The number of benzene rings is 1. The molecule has 0 atom stereocenters. The molecule has 0 spiro atoms. The summed E-state index contributed by atoms with van der Waals surface area (Å²) in [5.74, 6) is 1.83. The molecule has 1 amide bonds. The Bertz CT molecular complexity index is 709. The fourth-order valence-electron chi connectivity index (χ4n) is 3.65. The van der Waals surface area contributed by atoms with Crippen molar-refractivity contribution in [2.75, 3.05) is 25.0 Å². The lowest BCUT2D eigenvalue weighted by Gasteiger charge is -2.31. The largest absolute Gasteiger partial charge is 0.335 e. The van der Waals surface area contributed by atoms with E-state index in [-0.39, 0.29) is 5.91 Å². The summed E-state index contributed by atoms with van der Waals surface area (Å²) in [5.41, 5.74) is 3.24. The summed E-state index contributed by atoms with van der Waals surface area (Å²) in [5, 5.41) is 3.03. The molecule has 0 unspecified atom stereocenters. The SMILES string of the molecule is Cc1cc(C)cc(NC(=O)CN2CCC(Cn3ccnc3C)CC2)c1. The fourth-order valence-corrected chi connectivity index (χ4v) is 3.65. The highest BCUT2D eigenvalue weighted by Crippen LogP contribution is 2.20. The van der Waals surface area contributed by atoms with Gasteiger partial charge >= 0.3 is 0 Å². The van der Waals surface area contributed by atoms with Crippen LogP contribution in [0.4, 0.5) is 5.69 Å². The number of likely N-dealkylation sites (tertiary alicyclic amines) is 1. The second-order valence-electron chi connectivity index (χ2n) is 7.27. The van der Waals surface area contributed by atoms with E-state index in [9.17, 15) is 4.79 Å². The molecule has 2 aromatic rings. The zero-order valence-corrected chi connectivity index (χ0v) is 15.5. The summed E-state index contributed by atoms with van der Waals surface area (Å²) in [7, 11) is 0. The number of rotatable bonds is 5. The summed E-state index contributed by atoms with van der Waals surface area (Å²) in [6.07, 6.45) is 6.18. The van der Waals surface area contributed by atoms with Gasteiger partial charge in [0.25, 0.3) is 0 Å². The van der Waals surface area contributed by atoms with E-state index < -0.39 is 0 Å². The van der Waals surface area contributed by atoms with Crippen LogP contribution < -0.4 is 5.32 Å². The molecule has 1 fully saturated rings. The molecular formula is C20H28N4O. The van der Waals surface area contributed by atoms with Gasteiger partial charge in [-0.2, -0.15) is 0 Å². The number of hydrogen-bond donors (Lipinski definition) is 1. The van der Waals surface area contributed by atoms with Crippen molar-refractivity contribution in [3.63, 3.8) is 0 Å². The Morgan fingerprint density at radius 1 is 1.16 bits per heavy atom. The van der Waals surface area contributed by atoms with E-state index in [4.69, 9.17) is 0 Å². The van der Waals surface area contributed by atoms with Crippen molar-refractivity contribution >= 4 is 11.6 Å². The molecule has 0 radical (unpaired) electrons. The van der Waals surface area contributed by atoms with Crippen molar-refractivity contribution in [3.05, 3.63) is 47.5 Å². The molecule has 3 rings (SSSR count). The molecule has 0 bridgehead atoms. The van der Waals surface area contributed by atoms with Gasteiger partial charge in [-0.3, -0.25) is 9.69 Å². The van der Waals surface area contributed by atoms with Crippen LogP contribution in [0.2, 0.25) is 0 Å².